The van der Waals surface area contributed by atoms with Crippen molar-refractivity contribution in [3.05, 3.63) is 48.5 Å². The molecule has 0 aliphatic carbocycles. The summed E-state index contributed by atoms with van der Waals surface area (Å²) in [4.78, 5) is 16.4. The zero-order valence-corrected chi connectivity index (χ0v) is 19.3. The third-order valence-corrected chi connectivity index (χ3v) is 6.56. The molecular formula is C25H32N6O2. The molecule has 0 radical (unpaired) electrons. The second-order valence-electron chi connectivity index (χ2n) is 8.75. The average molecular weight is 449 g/mol. The Labute approximate surface area is 195 Å². The van der Waals surface area contributed by atoms with Gasteiger partial charge in [-0.15, -0.1) is 0 Å². The first-order chi connectivity index (χ1) is 16.3. The minimum atomic E-state index is 0.604. The van der Waals surface area contributed by atoms with Crippen LogP contribution >= 0.6 is 0 Å². The standard InChI is InChI=1S/C25H32N6O2/c1-32-22-9-5-4-8-21(22)30-16-14-29(15-17-30)19-24-27-25(28-33-24)20-10-11-23(26-18-20)31-12-6-2-3-7-13-31/h4-5,8-11,18H,2-3,6-7,12-17,19H2,1H3. The van der Waals surface area contributed by atoms with Crippen LogP contribution in [0.25, 0.3) is 11.4 Å². The highest BCUT2D eigenvalue weighted by Gasteiger charge is 2.21. The maximum Gasteiger partial charge on any atom is 0.241 e. The maximum atomic E-state index is 5.56. The smallest absolute Gasteiger partial charge is 0.241 e. The topological polar surface area (TPSA) is 70.8 Å². The SMILES string of the molecule is COc1ccccc1N1CCN(Cc2nc(-c3ccc(N4CCCCCC4)nc3)no2)CC1. The monoisotopic (exact) mass is 448 g/mol. The molecule has 2 fully saturated rings. The van der Waals surface area contributed by atoms with Crippen LogP contribution in [-0.2, 0) is 6.54 Å². The molecule has 0 saturated carbocycles. The average Bonchev–Trinajstić information content (AvgIpc) is 3.16. The lowest BCUT2D eigenvalue weighted by molar-refractivity contribution is 0.215. The highest BCUT2D eigenvalue weighted by molar-refractivity contribution is 5.59. The van der Waals surface area contributed by atoms with E-state index in [1.54, 1.807) is 7.11 Å². The predicted molar refractivity (Wildman–Crippen MR) is 129 cm³/mol. The lowest BCUT2D eigenvalue weighted by Crippen LogP contribution is -2.46. The van der Waals surface area contributed by atoms with E-state index < -0.39 is 0 Å². The Bertz CT molecular complexity index is 1020. The summed E-state index contributed by atoms with van der Waals surface area (Å²) < 4.78 is 11.1. The van der Waals surface area contributed by atoms with Crippen LogP contribution < -0.4 is 14.5 Å². The number of ether oxygens (including phenoxy) is 1. The predicted octanol–water partition coefficient (Wildman–Crippen LogP) is 3.84. The van der Waals surface area contributed by atoms with E-state index in [-0.39, 0.29) is 0 Å². The molecule has 5 rings (SSSR count). The van der Waals surface area contributed by atoms with Gasteiger partial charge in [0.25, 0.3) is 0 Å². The first kappa shape index (κ1) is 21.7. The zero-order chi connectivity index (χ0) is 22.5. The fraction of sp³-hybridized carbons (Fsp3) is 0.480. The number of para-hydroxylation sites is 2. The van der Waals surface area contributed by atoms with Crippen molar-refractivity contribution in [2.75, 3.05) is 56.2 Å². The molecule has 0 bridgehead atoms. The van der Waals surface area contributed by atoms with E-state index in [4.69, 9.17) is 9.26 Å². The molecule has 33 heavy (non-hydrogen) atoms. The van der Waals surface area contributed by atoms with E-state index in [1.165, 1.54) is 25.7 Å². The van der Waals surface area contributed by atoms with Crippen LogP contribution in [0.5, 0.6) is 5.75 Å². The van der Waals surface area contributed by atoms with Crippen LogP contribution in [-0.4, -0.2) is 66.4 Å². The van der Waals surface area contributed by atoms with Gasteiger partial charge in [0.1, 0.15) is 11.6 Å². The van der Waals surface area contributed by atoms with Crippen LogP contribution in [0, 0.1) is 0 Å². The molecule has 4 heterocycles. The Morgan fingerprint density at radius 2 is 1.67 bits per heavy atom. The van der Waals surface area contributed by atoms with E-state index in [1.807, 2.05) is 24.4 Å². The summed E-state index contributed by atoms with van der Waals surface area (Å²) >= 11 is 0. The van der Waals surface area contributed by atoms with Gasteiger partial charge in [0.15, 0.2) is 0 Å². The molecule has 174 valence electrons. The maximum absolute atomic E-state index is 5.56. The minimum absolute atomic E-state index is 0.604. The zero-order valence-electron chi connectivity index (χ0n) is 19.3. The fourth-order valence-electron chi connectivity index (χ4n) is 4.67. The van der Waals surface area contributed by atoms with E-state index in [2.05, 4.69) is 48.0 Å². The van der Waals surface area contributed by atoms with Gasteiger partial charge in [0.2, 0.25) is 11.7 Å². The summed E-state index contributed by atoms with van der Waals surface area (Å²) in [5, 5.41) is 4.20. The van der Waals surface area contributed by atoms with Crippen molar-refractivity contribution in [1.82, 2.24) is 20.0 Å². The number of aromatic nitrogens is 3. The van der Waals surface area contributed by atoms with Crippen molar-refractivity contribution in [1.29, 1.82) is 0 Å². The Hall–Kier alpha value is -3.13. The molecule has 8 heteroatoms. The molecule has 2 saturated heterocycles. The number of hydrogen-bond donors (Lipinski definition) is 0. The van der Waals surface area contributed by atoms with Crippen LogP contribution in [0.3, 0.4) is 0 Å². The largest absolute Gasteiger partial charge is 0.495 e. The van der Waals surface area contributed by atoms with Gasteiger partial charge in [-0.3, -0.25) is 4.90 Å². The van der Waals surface area contributed by atoms with Crippen molar-refractivity contribution < 1.29 is 9.26 Å². The minimum Gasteiger partial charge on any atom is -0.495 e. The van der Waals surface area contributed by atoms with E-state index >= 15 is 0 Å². The molecule has 2 aliphatic heterocycles. The molecule has 2 aromatic heterocycles. The first-order valence-corrected chi connectivity index (χ1v) is 11.9. The summed E-state index contributed by atoms with van der Waals surface area (Å²) in [6.45, 7) is 6.56. The van der Waals surface area contributed by atoms with Gasteiger partial charge >= 0.3 is 0 Å². The molecule has 0 amide bonds. The number of nitrogens with zero attached hydrogens (tertiary/aromatic N) is 6. The normalized spacial score (nSPS) is 17.7. The van der Waals surface area contributed by atoms with E-state index in [9.17, 15) is 0 Å². The highest BCUT2D eigenvalue weighted by Crippen LogP contribution is 2.28. The van der Waals surface area contributed by atoms with E-state index in [0.29, 0.717) is 18.3 Å². The summed E-state index contributed by atoms with van der Waals surface area (Å²) in [6, 6.07) is 12.3. The summed E-state index contributed by atoms with van der Waals surface area (Å²) in [5.41, 5.74) is 2.04. The molecule has 0 atom stereocenters. The van der Waals surface area contributed by atoms with Crippen molar-refractivity contribution in [2.45, 2.75) is 32.2 Å². The van der Waals surface area contributed by atoms with E-state index in [0.717, 1.165) is 62.1 Å². The van der Waals surface area contributed by atoms with Crippen LogP contribution in [0.2, 0.25) is 0 Å². The van der Waals surface area contributed by atoms with Crippen molar-refractivity contribution in [3.8, 4) is 17.1 Å². The lowest BCUT2D eigenvalue weighted by Gasteiger charge is -2.35. The number of benzene rings is 1. The van der Waals surface area contributed by atoms with Crippen molar-refractivity contribution >= 4 is 11.5 Å². The number of hydrogen-bond acceptors (Lipinski definition) is 8. The highest BCUT2D eigenvalue weighted by atomic mass is 16.5. The van der Waals surface area contributed by atoms with Crippen LogP contribution in [0.1, 0.15) is 31.6 Å². The van der Waals surface area contributed by atoms with Crippen LogP contribution in [0.15, 0.2) is 47.1 Å². The molecule has 2 aliphatic rings. The molecule has 0 N–H and O–H groups in total. The Balaban J connectivity index is 1.17. The first-order valence-electron chi connectivity index (χ1n) is 11.9. The van der Waals surface area contributed by atoms with Gasteiger partial charge in [0.05, 0.1) is 19.3 Å². The molecular weight excluding hydrogens is 416 g/mol. The number of anilines is 2. The number of piperazine rings is 1. The molecule has 3 aromatic rings. The number of methoxy groups -OCH3 is 1. The van der Waals surface area contributed by atoms with Crippen LogP contribution in [0.4, 0.5) is 11.5 Å². The fourth-order valence-corrected chi connectivity index (χ4v) is 4.67. The number of rotatable bonds is 6. The summed E-state index contributed by atoms with van der Waals surface area (Å²) in [7, 11) is 1.72. The van der Waals surface area contributed by atoms with Gasteiger partial charge in [-0.1, -0.05) is 30.1 Å². The van der Waals surface area contributed by atoms with Gasteiger partial charge in [-0.05, 0) is 37.1 Å². The molecule has 0 unspecified atom stereocenters. The quantitative estimate of drug-likeness (QED) is 0.563. The number of pyridine rings is 1. The Morgan fingerprint density at radius 1 is 0.879 bits per heavy atom. The Kier molecular flexibility index (Phi) is 6.71. The summed E-state index contributed by atoms with van der Waals surface area (Å²) in [6.07, 6.45) is 6.97. The van der Waals surface area contributed by atoms with Crippen molar-refractivity contribution in [3.63, 3.8) is 0 Å². The van der Waals surface area contributed by atoms with Gasteiger partial charge in [-0.25, -0.2) is 4.98 Å². The second kappa shape index (κ2) is 10.2. The Morgan fingerprint density at radius 3 is 2.39 bits per heavy atom. The van der Waals surface area contributed by atoms with Gasteiger partial charge < -0.3 is 19.1 Å². The molecule has 1 aromatic carbocycles. The third kappa shape index (κ3) is 5.11. The lowest BCUT2D eigenvalue weighted by atomic mass is 10.2. The van der Waals surface area contributed by atoms with Gasteiger partial charge in [0, 0.05) is 51.0 Å². The summed E-state index contributed by atoms with van der Waals surface area (Å²) in [5.74, 6) is 3.21. The van der Waals surface area contributed by atoms with Gasteiger partial charge in [-0.2, -0.15) is 4.98 Å². The second-order valence-corrected chi connectivity index (χ2v) is 8.75. The molecule has 0 spiro atoms. The van der Waals surface area contributed by atoms with Crippen molar-refractivity contribution in [2.24, 2.45) is 0 Å². The molecule has 8 nitrogen and oxygen atoms in total. The third-order valence-electron chi connectivity index (χ3n) is 6.56.